The van der Waals surface area contributed by atoms with Crippen LogP contribution in [0.2, 0.25) is 0 Å². The van der Waals surface area contributed by atoms with Crippen LogP contribution in [0.25, 0.3) is 0 Å². The first-order valence-electron chi connectivity index (χ1n) is 6.72. The van der Waals surface area contributed by atoms with Crippen molar-refractivity contribution in [3.63, 3.8) is 0 Å². The fourth-order valence-electron chi connectivity index (χ4n) is 3.45. The number of nitrogens with one attached hydrogen (secondary N) is 1. The molecule has 2 aliphatic carbocycles. The highest BCUT2D eigenvalue weighted by Crippen LogP contribution is 2.37. The maximum atomic E-state index is 5.80. The molecule has 2 nitrogen and oxygen atoms in total. The summed E-state index contributed by atoms with van der Waals surface area (Å²) < 4.78 is 5.80. The normalized spacial score (nSPS) is 42.6. The molecule has 1 N–H and O–H groups in total. The number of hydrogen-bond acceptors (Lipinski definition) is 2. The Kier molecular flexibility index (Phi) is 2.73. The van der Waals surface area contributed by atoms with Crippen molar-refractivity contribution in [1.82, 2.24) is 5.32 Å². The van der Waals surface area contributed by atoms with E-state index < -0.39 is 0 Å². The van der Waals surface area contributed by atoms with Crippen LogP contribution >= 0.6 is 0 Å². The lowest BCUT2D eigenvalue weighted by atomic mass is 9.81. The zero-order valence-corrected chi connectivity index (χ0v) is 9.74. The lowest BCUT2D eigenvalue weighted by Crippen LogP contribution is -2.47. The number of hydrogen-bond donors (Lipinski definition) is 1. The summed E-state index contributed by atoms with van der Waals surface area (Å²) in [6, 6.07) is 1.50. The van der Waals surface area contributed by atoms with Gasteiger partial charge in [-0.2, -0.15) is 0 Å². The maximum Gasteiger partial charge on any atom is 0.0619 e. The van der Waals surface area contributed by atoms with Gasteiger partial charge in [0.25, 0.3) is 0 Å². The lowest BCUT2D eigenvalue weighted by Gasteiger charge is -2.35. The minimum absolute atomic E-state index is 0.586. The smallest absolute Gasteiger partial charge is 0.0619 e. The molecule has 0 spiro atoms. The standard InChI is InChI=1S/C13H23NO/c1-9(10-5-6-10)14-12-3-2-4-13-11(12)7-8-15-13/h9-14H,2-8H2,1H3. The summed E-state index contributed by atoms with van der Waals surface area (Å²) in [5.74, 6) is 1.80. The fourth-order valence-corrected chi connectivity index (χ4v) is 3.45. The average Bonchev–Trinajstić information content (AvgIpc) is 2.97. The molecule has 3 rings (SSSR count). The summed E-state index contributed by atoms with van der Waals surface area (Å²) in [5, 5.41) is 3.87. The Morgan fingerprint density at radius 2 is 2.00 bits per heavy atom. The van der Waals surface area contributed by atoms with Crippen molar-refractivity contribution in [1.29, 1.82) is 0 Å². The second-order valence-electron chi connectivity index (χ2n) is 5.69. The molecule has 0 aromatic carbocycles. The Labute approximate surface area is 92.8 Å². The summed E-state index contributed by atoms with van der Waals surface area (Å²) >= 11 is 0. The van der Waals surface area contributed by atoms with Gasteiger partial charge in [-0.15, -0.1) is 0 Å². The van der Waals surface area contributed by atoms with Crippen LogP contribution in [-0.2, 0) is 4.74 Å². The molecule has 0 bridgehead atoms. The minimum atomic E-state index is 0.586. The van der Waals surface area contributed by atoms with E-state index in [0.717, 1.165) is 30.5 Å². The molecule has 1 heterocycles. The van der Waals surface area contributed by atoms with Crippen LogP contribution in [0.4, 0.5) is 0 Å². The summed E-state index contributed by atoms with van der Waals surface area (Å²) in [4.78, 5) is 0. The summed E-state index contributed by atoms with van der Waals surface area (Å²) in [6.45, 7) is 3.38. The molecule has 2 heteroatoms. The summed E-state index contributed by atoms with van der Waals surface area (Å²) in [7, 11) is 0. The molecule has 1 saturated heterocycles. The van der Waals surface area contributed by atoms with E-state index in [9.17, 15) is 0 Å². The third-order valence-electron chi connectivity index (χ3n) is 4.59. The molecule has 1 aliphatic heterocycles. The van der Waals surface area contributed by atoms with E-state index in [2.05, 4.69) is 12.2 Å². The first-order chi connectivity index (χ1) is 7.34. The molecule has 0 amide bonds. The second kappa shape index (κ2) is 4.06. The Hall–Kier alpha value is -0.0800. The first-order valence-corrected chi connectivity index (χ1v) is 6.72. The van der Waals surface area contributed by atoms with Crippen molar-refractivity contribution in [2.75, 3.05) is 6.61 Å². The van der Waals surface area contributed by atoms with E-state index in [1.807, 2.05) is 0 Å². The van der Waals surface area contributed by atoms with Gasteiger partial charge in [-0.1, -0.05) is 0 Å². The largest absolute Gasteiger partial charge is 0.378 e. The van der Waals surface area contributed by atoms with Gasteiger partial charge in [0.1, 0.15) is 0 Å². The van der Waals surface area contributed by atoms with Gasteiger partial charge >= 0.3 is 0 Å². The van der Waals surface area contributed by atoms with Crippen LogP contribution < -0.4 is 5.32 Å². The Morgan fingerprint density at radius 1 is 1.13 bits per heavy atom. The number of rotatable bonds is 3. The molecule has 4 unspecified atom stereocenters. The third-order valence-corrected chi connectivity index (χ3v) is 4.59. The SMILES string of the molecule is CC(NC1CCCC2OCCC12)C1CC1. The first kappa shape index (κ1) is 10.1. The molecule has 15 heavy (non-hydrogen) atoms. The monoisotopic (exact) mass is 209 g/mol. The minimum Gasteiger partial charge on any atom is -0.378 e. The van der Waals surface area contributed by atoms with E-state index in [-0.39, 0.29) is 0 Å². The van der Waals surface area contributed by atoms with Gasteiger partial charge in [0.15, 0.2) is 0 Å². The Bertz CT molecular complexity index is 227. The quantitative estimate of drug-likeness (QED) is 0.770. The van der Waals surface area contributed by atoms with Crippen molar-refractivity contribution in [2.24, 2.45) is 11.8 Å². The van der Waals surface area contributed by atoms with Crippen LogP contribution in [-0.4, -0.2) is 24.8 Å². The zero-order valence-electron chi connectivity index (χ0n) is 9.74. The molecule has 4 atom stereocenters. The molecule has 3 aliphatic rings. The highest BCUT2D eigenvalue weighted by atomic mass is 16.5. The van der Waals surface area contributed by atoms with Gasteiger partial charge < -0.3 is 10.1 Å². The molecule has 0 aromatic rings. The number of fused-ring (bicyclic) bond motifs is 1. The predicted octanol–water partition coefficient (Wildman–Crippen LogP) is 2.33. The zero-order chi connectivity index (χ0) is 10.3. The summed E-state index contributed by atoms with van der Waals surface area (Å²) in [6.07, 6.45) is 8.82. The van der Waals surface area contributed by atoms with Crippen LogP contribution in [0.5, 0.6) is 0 Å². The van der Waals surface area contributed by atoms with E-state index in [1.165, 1.54) is 38.5 Å². The van der Waals surface area contributed by atoms with Gasteiger partial charge in [-0.25, -0.2) is 0 Å². The van der Waals surface area contributed by atoms with Crippen LogP contribution in [0.3, 0.4) is 0 Å². The van der Waals surface area contributed by atoms with Crippen LogP contribution in [0, 0.1) is 11.8 Å². The molecular weight excluding hydrogens is 186 g/mol. The van der Waals surface area contributed by atoms with Crippen LogP contribution in [0.1, 0.15) is 45.4 Å². The highest BCUT2D eigenvalue weighted by molar-refractivity contribution is 4.94. The van der Waals surface area contributed by atoms with Gasteiger partial charge in [0, 0.05) is 24.6 Å². The van der Waals surface area contributed by atoms with E-state index in [0.29, 0.717) is 6.10 Å². The molecule has 2 saturated carbocycles. The van der Waals surface area contributed by atoms with E-state index in [4.69, 9.17) is 4.74 Å². The highest BCUT2D eigenvalue weighted by Gasteiger charge is 2.39. The number of ether oxygens (including phenoxy) is 1. The van der Waals surface area contributed by atoms with Gasteiger partial charge in [0.2, 0.25) is 0 Å². The van der Waals surface area contributed by atoms with E-state index >= 15 is 0 Å². The summed E-state index contributed by atoms with van der Waals surface area (Å²) in [5.41, 5.74) is 0. The molecule has 0 radical (unpaired) electrons. The fraction of sp³-hybridized carbons (Fsp3) is 1.00. The average molecular weight is 209 g/mol. The van der Waals surface area contributed by atoms with Crippen LogP contribution in [0.15, 0.2) is 0 Å². The maximum absolute atomic E-state index is 5.80. The van der Waals surface area contributed by atoms with Crippen molar-refractivity contribution in [2.45, 2.75) is 63.6 Å². The molecule has 3 fully saturated rings. The third kappa shape index (κ3) is 2.07. The van der Waals surface area contributed by atoms with Gasteiger partial charge in [-0.05, 0) is 51.4 Å². The molecule has 0 aromatic heterocycles. The Balaban J connectivity index is 1.58. The predicted molar refractivity (Wildman–Crippen MR) is 60.8 cm³/mol. The second-order valence-corrected chi connectivity index (χ2v) is 5.69. The molecule has 86 valence electrons. The van der Waals surface area contributed by atoms with Crippen molar-refractivity contribution in [3.8, 4) is 0 Å². The lowest BCUT2D eigenvalue weighted by molar-refractivity contribution is 0.0509. The molecular formula is C13H23NO. The van der Waals surface area contributed by atoms with Gasteiger partial charge in [-0.3, -0.25) is 0 Å². The van der Waals surface area contributed by atoms with Crippen molar-refractivity contribution >= 4 is 0 Å². The topological polar surface area (TPSA) is 21.3 Å². The van der Waals surface area contributed by atoms with E-state index in [1.54, 1.807) is 0 Å². The Morgan fingerprint density at radius 3 is 2.80 bits per heavy atom. The van der Waals surface area contributed by atoms with Crippen molar-refractivity contribution < 1.29 is 4.74 Å². The van der Waals surface area contributed by atoms with Crippen molar-refractivity contribution in [3.05, 3.63) is 0 Å². The van der Waals surface area contributed by atoms with Gasteiger partial charge in [0.05, 0.1) is 6.10 Å².